The molecule has 3 N–H and O–H groups in total. The van der Waals surface area contributed by atoms with Crippen molar-refractivity contribution >= 4 is 0 Å². The second-order valence-electron chi connectivity index (χ2n) is 3.68. The second-order valence-corrected chi connectivity index (χ2v) is 3.68. The third kappa shape index (κ3) is 2.34. The Morgan fingerprint density at radius 3 is 2.28 bits per heavy atom. The van der Waals surface area contributed by atoms with Gasteiger partial charge in [0.2, 0.25) is 0 Å². The van der Waals surface area contributed by atoms with Gasteiger partial charge in [0.25, 0.3) is 0 Å². The molecule has 0 bridgehead atoms. The van der Waals surface area contributed by atoms with Crippen LogP contribution in [0.3, 0.4) is 0 Å². The van der Waals surface area contributed by atoms with Crippen LogP contribution in [0.15, 0.2) is 36.7 Å². The lowest BCUT2D eigenvalue weighted by Gasteiger charge is -2.16. The molecule has 0 amide bonds. The summed E-state index contributed by atoms with van der Waals surface area (Å²) >= 11 is 0. The van der Waals surface area contributed by atoms with E-state index in [1.165, 1.54) is 6.20 Å². The van der Waals surface area contributed by atoms with Crippen LogP contribution < -0.4 is 11.3 Å². The Labute approximate surface area is 101 Å². The van der Waals surface area contributed by atoms with E-state index in [1.54, 1.807) is 18.3 Å². The smallest absolute Gasteiger partial charge is 0.194 e. The van der Waals surface area contributed by atoms with Gasteiger partial charge in [-0.05, 0) is 29.3 Å². The van der Waals surface area contributed by atoms with Crippen molar-refractivity contribution < 1.29 is 13.2 Å². The molecular formula is C12H10F3N3. The summed E-state index contributed by atoms with van der Waals surface area (Å²) in [5.41, 5.74) is 3.21. The monoisotopic (exact) mass is 253 g/mol. The Hall–Kier alpha value is -1.92. The first-order chi connectivity index (χ1) is 8.63. The minimum Gasteiger partial charge on any atom is -0.271 e. The lowest BCUT2D eigenvalue weighted by atomic mass is 10.0. The van der Waals surface area contributed by atoms with Gasteiger partial charge in [0, 0.05) is 12.4 Å². The molecule has 0 fully saturated rings. The Morgan fingerprint density at radius 2 is 1.78 bits per heavy atom. The van der Waals surface area contributed by atoms with Crippen molar-refractivity contribution in [3.05, 3.63) is 65.2 Å². The van der Waals surface area contributed by atoms with Crippen molar-refractivity contribution in [2.24, 2.45) is 5.84 Å². The molecule has 2 rings (SSSR count). The molecule has 1 atom stereocenters. The predicted molar refractivity (Wildman–Crippen MR) is 59.7 cm³/mol. The van der Waals surface area contributed by atoms with Gasteiger partial charge < -0.3 is 0 Å². The van der Waals surface area contributed by atoms with E-state index in [4.69, 9.17) is 5.84 Å². The number of hydrogen-bond donors (Lipinski definition) is 2. The third-order valence-corrected chi connectivity index (χ3v) is 2.52. The number of benzene rings is 1. The molecule has 2 aromatic rings. The maximum atomic E-state index is 13.2. The average Bonchev–Trinajstić information content (AvgIpc) is 2.38. The summed E-state index contributed by atoms with van der Waals surface area (Å²) < 4.78 is 39.2. The van der Waals surface area contributed by atoms with Crippen LogP contribution in [0.5, 0.6) is 0 Å². The number of nitrogens with one attached hydrogen (secondary N) is 1. The van der Waals surface area contributed by atoms with Crippen molar-refractivity contribution in [2.45, 2.75) is 6.04 Å². The summed E-state index contributed by atoms with van der Waals surface area (Å²) in [7, 11) is 0. The molecule has 3 nitrogen and oxygen atoms in total. The Balaban J connectivity index is 2.46. The molecule has 0 saturated carbocycles. The molecule has 94 valence electrons. The minimum absolute atomic E-state index is 0.182. The highest BCUT2D eigenvalue weighted by molar-refractivity contribution is 5.31. The number of pyridine rings is 1. The van der Waals surface area contributed by atoms with Crippen molar-refractivity contribution in [2.75, 3.05) is 0 Å². The molecule has 0 aliphatic heterocycles. The highest BCUT2D eigenvalue weighted by atomic mass is 19.2. The van der Waals surface area contributed by atoms with Gasteiger partial charge in [0.15, 0.2) is 17.5 Å². The van der Waals surface area contributed by atoms with Crippen molar-refractivity contribution in [3.8, 4) is 0 Å². The van der Waals surface area contributed by atoms with Gasteiger partial charge in [-0.2, -0.15) is 0 Å². The Morgan fingerprint density at radius 1 is 1.11 bits per heavy atom. The van der Waals surface area contributed by atoms with Crippen LogP contribution in [0.4, 0.5) is 13.2 Å². The van der Waals surface area contributed by atoms with Gasteiger partial charge in [-0.15, -0.1) is 0 Å². The molecular weight excluding hydrogens is 243 g/mol. The van der Waals surface area contributed by atoms with Crippen LogP contribution in [0, 0.1) is 17.5 Å². The van der Waals surface area contributed by atoms with E-state index in [9.17, 15) is 13.2 Å². The molecule has 0 aliphatic rings. The highest BCUT2D eigenvalue weighted by Crippen LogP contribution is 2.23. The van der Waals surface area contributed by atoms with Crippen LogP contribution in [0.1, 0.15) is 17.2 Å². The molecule has 18 heavy (non-hydrogen) atoms. The summed E-state index contributed by atoms with van der Waals surface area (Å²) in [6, 6.07) is 4.49. The van der Waals surface area contributed by atoms with Crippen molar-refractivity contribution in [1.29, 1.82) is 0 Å². The number of halogens is 3. The van der Waals surface area contributed by atoms with Crippen LogP contribution in [0.25, 0.3) is 0 Å². The van der Waals surface area contributed by atoms with Crippen molar-refractivity contribution in [1.82, 2.24) is 10.4 Å². The molecule has 1 aromatic heterocycles. The largest absolute Gasteiger partial charge is 0.271 e. The predicted octanol–water partition coefficient (Wildman–Crippen LogP) is 2.05. The first kappa shape index (κ1) is 12.5. The zero-order valence-corrected chi connectivity index (χ0v) is 9.20. The van der Waals surface area contributed by atoms with Crippen LogP contribution in [-0.2, 0) is 0 Å². The van der Waals surface area contributed by atoms with Gasteiger partial charge in [0.1, 0.15) is 0 Å². The van der Waals surface area contributed by atoms with Gasteiger partial charge in [0.05, 0.1) is 6.04 Å². The van der Waals surface area contributed by atoms with E-state index in [0.717, 1.165) is 12.1 Å². The van der Waals surface area contributed by atoms with E-state index in [-0.39, 0.29) is 5.56 Å². The first-order valence-corrected chi connectivity index (χ1v) is 5.14. The SMILES string of the molecule is NNC(c1cccnc1)c1cc(F)c(F)c(F)c1. The van der Waals surface area contributed by atoms with Gasteiger partial charge in [-0.3, -0.25) is 10.8 Å². The molecule has 0 spiro atoms. The molecule has 1 aromatic carbocycles. The zero-order chi connectivity index (χ0) is 13.1. The lowest BCUT2D eigenvalue weighted by Crippen LogP contribution is -2.29. The first-order valence-electron chi connectivity index (χ1n) is 5.14. The normalized spacial score (nSPS) is 12.4. The molecule has 1 heterocycles. The van der Waals surface area contributed by atoms with E-state index in [0.29, 0.717) is 5.56 Å². The summed E-state index contributed by atoms with van der Waals surface area (Å²) in [5, 5.41) is 0. The van der Waals surface area contributed by atoms with E-state index in [2.05, 4.69) is 10.4 Å². The number of hydrogen-bond acceptors (Lipinski definition) is 3. The van der Waals surface area contributed by atoms with Gasteiger partial charge in [-0.1, -0.05) is 6.07 Å². The summed E-state index contributed by atoms with van der Waals surface area (Å²) in [6.45, 7) is 0. The van der Waals surface area contributed by atoms with Crippen LogP contribution in [-0.4, -0.2) is 4.98 Å². The van der Waals surface area contributed by atoms with Crippen LogP contribution in [0.2, 0.25) is 0 Å². The molecule has 6 heteroatoms. The van der Waals surface area contributed by atoms with Gasteiger partial charge in [-0.25, -0.2) is 18.6 Å². The number of rotatable bonds is 3. The zero-order valence-electron chi connectivity index (χ0n) is 9.20. The fourth-order valence-corrected chi connectivity index (χ4v) is 1.67. The standard InChI is InChI=1S/C12H10F3N3/c13-9-4-8(5-10(14)11(9)15)12(18-16)7-2-1-3-17-6-7/h1-6,12,18H,16H2. The average molecular weight is 253 g/mol. The molecule has 0 radical (unpaired) electrons. The minimum atomic E-state index is -1.50. The quantitative estimate of drug-likeness (QED) is 0.500. The highest BCUT2D eigenvalue weighted by Gasteiger charge is 2.18. The number of aromatic nitrogens is 1. The van der Waals surface area contributed by atoms with Gasteiger partial charge >= 0.3 is 0 Å². The fourth-order valence-electron chi connectivity index (χ4n) is 1.67. The maximum Gasteiger partial charge on any atom is 0.194 e. The number of hydrazine groups is 1. The lowest BCUT2D eigenvalue weighted by molar-refractivity contribution is 0.442. The molecule has 0 aliphatic carbocycles. The Bertz CT molecular complexity index is 523. The Kier molecular flexibility index (Phi) is 3.59. The fraction of sp³-hybridized carbons (Fsp3) is 0.0833. The summed E-state index contributed by atoms with van der Waals surface area (Å²) in [6.07, 6.45) is 3.06. The van der Waals surface area contributed by atoms with E-state index in [1.807, 2.05) is 0 Å². The van der Waals surface area contributed by atoms with E-state index >= 15 is 0 Å². The van der Waals surface area contributed by atoms with Crippen molar-refractivity contribution in [3.63, 3.8) is 0 Å². The summed E-state index contributed by atoms with van der Waals surface area (Å²) in [4.78, 5) is 3.88. The van der Waals surface area contributed by atoms with E-state index < -0.39 is 23.5 Å². The summed E-state index contributed by atoms with van der Waals surface area (Å²) in [5.74, 6) is 1.35. The third-order valence-electron chi connectivity index (χ3n) is 2.52. The number of nitrogens with two attached hydrogens (primary N) is 1. The molecule has 1 unspecified atom stereocenters. The number of nitrogens with zero attached hydrogens (tertiary/aromatic N) is 1. The maximum absolute atomic E-state index is 13.2. The second kappa shape index (κ2) is 5.16. The van der Waals surface area contributed by atoms with Crippen LogP contribution >= 0.6 is 0 Å². The topological polar surface area (TPSA) is 50.9 Å². The molecule has 0 saturated heterocycles.